The van der Waals surface area contributed by atoms with Crippen LogP contribution in [0.15, 0.2) is 24.3 Å². The molecule has 0 bridgehead atoms. The van der Waals surface area contributed by atoms with Gasteiger partial charge >= 0.3 is 0 Å². The third-order valence-corrected chi connectivity index (χ3v) is 2.00. The van der Waals surface area contributed by atoms with Gasteiger partial charge in [0.25, 0.3) is 0 Å². The minimum atomic E-state index is 0.102. The van der Waals surface area contributed by atoms with Crippen molar-refractivity contribution in [3.05, 3.63) is 29.8 Å². The number of hydrogen-bond acceptors (Lipinski definition) is 3. The average molecular weight is 194 g/mol. The van der Waals surface area contributed by atoms with Crippen molar-refractivity contribution in [2.24, 2.45) is 5.84 Å². The highest BCUT2D eigenvalue weighted by Gasteiger charge is 2.09. The van der Waals surface area contributed by atoms with Crippen molar-refractivity contribution in [2.45, 2.75) is 32.9 Å². The summed E-state index contributed by atoms with van der Waals surface area (Å²) in [5, 5.41) is 0. The van der Waals surface area contributed by atoms with Gasteiger partial charge in [-0.05, 0) is 26.8 Å². The largest absolute Gasteiger partial charge is 0.491 e. The summed E-state index contributed by atoms with van der Waals surface area (Å²) in [6.45, 7) is 6.02. The molecule has 3 nitrogen and oxygen atoms in total. The molecule has 0 aliphatic heterocycles. The van der Waals surface area contributed by atoms with Crippen LogP contribution in [0.25, 0.3) is 0 Å². The zero-order valence-corrected chi connectivity index (χ0v) is 8.95. The maximum atomic E-state index is 5.67. The SMILES string of the molecule is CC(C)Oc1ccccc1C(C)NN. The lowest BCUT2D eigenvalue weighted by Crippen LogP contribution is -2.26. The van der Waals surface area contributed by atoms with E-state index in [4.69, 9.17) is 10.6 Å². The lowest BCUT2D eigenvalue weighted by Gasteiger charge is -2.17. The second-order valence-electron chi connectivity index (χ2n) is 3.59. The second kappa shape index (κ2) is 4.98. The van der Waals surface area contributed by atoms with Crippen LogP contribution in [-0.2, 0) is 0 Å². The van der Waals surface area contributed by atoms with Gasteiger partial charge in [-0.3, -0.25) is 11.3 Å². The summed E-state index contributed by atoms with van der Waals surface area (Å²) < 4.78 is 5.67. The molecule has 0 heterocycles. The van der Waals surface area contributed by atoms with Gasteiger partial charge in [0.05, 0.1) is 6.10 Å². The molecule has 0 amide bonds. The third-order valence-electron chi connectivity index (χ3n) is 2.00. The van der Waals surface area contributed by atoms with E-state index in [0.717, 1.165) is 11.3 Å². The summed E-state index contributed by atoms with van der Waals surface area (Å²) in [6.07, 6.45) is 0.182. The Labute approximate surface area is 85.2 Å². The molecule has 0 saturated carbocycles. The van der Waals surface area contributed by atoms with Crippen molar-refractivity contribution in [3.8, 4) is 5.75 Å². The van der Waals surface area contributed by atoms with E-state index in [1.165, 1.54) is 0 Å². The maximum absolute atomic E-state index is 5.67. The molecule has 1 aromatic rings. The summed E-state index contributed by atoms with van der Waals surface area (Å²) in [7, 11) is 0. The van der Waals surface area contributed by atoms with Gasteiger partial charge in [0.2, 0.25) is 0 Å². The Morgan fingerprint density at radius 2 is 1.86 bits per heavy atom. The van der Waals surface area contributed by atoms with E-state index in [2.05, 4.69) is 5.43 Å². The van der Waals surface area contributed by atoms with Crippen LogP contribution in [-0.4, -0.2) is 6.10 Å². The number of rotatable bonds is 4. The highest BCUT2D eigenvalue weighted by Crippen LogP contribution is 2.24. The molecule has 1 rings (SSSR count). The molecule has 0 fully saturated rings. The van der Waals surface area contributed by atoms with Crippen LogP contribution in [0.3, 0.4) is 0 Å². The summed E-state index contributed by atoms with van der Waals surface area (Å²) in [4.78, 5) is 0. The van der Waals surface area contributed by atoms with Crippen LogP contribution in [0.4, 0.5) is 0 Å². The zero-order chi connectivity index (χ0) is 10.6. The molecular formula is C11H18N2O. The number of ether oxygens (including phenoxy) is 1. The van der Waals surface area contributed by atoms with Gasteiger partial charge in [-0.15, -0.1) is 0 Å². The van der Waals surface area contributed by atoms with Crippen molar-refractivity contribution in [3.63, 3.8) is 0 Å². The van der Waals surface area contributed by atoms with Gasteiger partial charge in [-0.25, -0.2) is 0 Å². The van der Waals surface area contributed by atoms with Gasteiger partial charge in [0.1, 0.15) is 5.75 Å². The average Bonchev–Trinajstić information content (AvgIpc) is 2.16. The number of nitrogens with one attached hydrogen (secondary N) is 1. The number of hydrazine groups is 1. The first-order valence-corrected chi connectivity index (χ1v) is 4.87. The fourth-order valence-corrected chi connectivity index (χ4v) is 1.29. The molecule has 0 aliphatic carbocycles. The molecule has 0 aliphatic rings. The van der Waals surface area contributed by atoms with E-state index >= 15 is 0 Å². The monoisotopic (exact) mass is 194 g/mol. The third kappa shape index (κ3) is 2.72. The topological polar surface area (TPSA) is 47.3 Å². The molecule has 1 aromatic carbocycles. The Hall–Kier alpha value is -1.06. The highest BCUT2D eigenvalue weighted by molar-refractivity contribution is 5.35. The van der Waals surface area contributed by atoms with Crippen molar-refractivity contribution in [1.29, 1.82) is 0 Å². The predicted octanol–water partition coefficient (Wildman–Crippen LogP) is 2.00. The van der Waals surface area contributed by atoms with Gasteiger partial charge in [-0.1, -0.05) is 18.2 Å². The number of hydrogen-bond donors (Lipinski definition) is 2. The Morgan fingerprint density at radius 1 is 1.21 bits per heavy atom. The molecule has 3 heteroatoms. The quantitative estimate of drug-likeness (QED) is 0.569. The van der Waals surface area contributed by atoms with E-state index in [1.54, 1.807) is 0 Å². The van der Waals surface area contributed by atoms with E-state index < -0.39 is 0 Å². The van der Waals surface area contributed by atoms with Gasteiger partial charge < -0.3 is 4.74 Å². The fourth-order valence-electron chi connectivity index (χ4n) is 1.29. The van der Waals surface area contributed by atoms with E-state index in [1.807, 2.05) is 45.0 Å². The van der Waals surface area contributed by atoms with Crippen molar-refractivity contribution < 1.29 is 4.74 Å². The van der Waals surface area contributed by atoms with Crippen molar-refractivity contribution >= 4 is 0 Å². The minimum Gasteiger partial charge on any atom is -0.491 e. The maximum Gasteiger partial charge on any atom is 0.124 e. The molecule has 0 radical (unpaired) electrons. The Kier molecular flexibility index (Phi) is 3.92. The second-order valence-corrected chi connectivity index (χ2v) is 3.59. The number of benzene rings is 1. The van der Waals surface area contributed by atoms with Gasteiger partial charge in [0, 0.05) is 11.6 Å². The lowest BCUT2D eigenvalue weighted by molar-refractivity contribution is 0.238. The van der Waals surface area contributed by atoms with Crippen LogP contribution >= 0.6 is 0 Å². The van der Waals surface area contributed by atoms with Crippen LogP contribution in [0.1, 0.15) is 32.4 Å². The first-order chi connectivity index (χ1) is 6.65. The Morgan fingerprint density at radius 3 is 2.43 bits per heavy atom. The number of nitrogens with two attached hydrogens (primary N) is 1. The van der Waals surface area contributed by atoms with E-state index in [-0.39, 0.29) is 12.1 Å². The Bertz CT molecular complexity index is 286. The summed E-state index contributed by atoms with van der Waals surface area (Å²) in [5.41, 5.74) is 3.80. The summed E-state index contributed by atoms with van der Waals surface area (Å²) in [5.74, 6) is 6.29. The molecule has 1 atom stereocenters. The summed E-state index contributed by atoms with van der Waals surface area (Å²) >= 11 is 0. The summed E-state index contributed by atoms with van der Waals surface area (Å²) in [6, 6.07) is 8.02. The minimum absolute atomic E-state index is 0.102. The van der Waals surface area contributed by atoms with Crippen molar-refractivity contribution in [2.75, 3.05) is 0 Å². The fraction of sp³-hybridized carbons (Fsp3) is 0.455. The van der Waals surface area contributed by atoms with Crippen molar-refractivity contribution in [1.82, 2.24) is 5.43 Å². The molecule has 0 aromatic heterocycles. The Balaban J connectivity index is 2.91. The normalized spacial score (nSPS) is 12.9. The number of para-hydroxylation sites is 1. The first-order valence-electron chi connectivity index (χ1n) is 4.87. The molecular weight excluding hydrogens is 176 g/mol. The molecule has 78 valence electrons. The molecule has 1 unspecified atom stereocenters. The molecule has 14 heavy (non-hydrogen) atoms. The molecule has 0 saturated heterocycles. The van der Waals surface area contributed by atoms with Gasteiger partial charge in [-0.2, -0.15) is 0 Å². The van der Waals surface area contributed by atoms with Crippen LogP contribution in [0.2, 0.25) is 0 Å². The van der Waals surface area contributed by atoms with Gasteiger partial charge in [0.15, 0.2) is 0 Å². The predicted molar refractivity (Wildman–Crippen MR) is 57.9 cm³/mol. The van der Waals surface area contributed by atoms with E-state index in [0.29, 0.717) is 0 Å². The highest BCUT2D eigenvalue weighted by atomic mass is 16.5. The molecule has 3 N–H and O–H groups in total. The smallest absolute Gasteiger partial charge is 0.124 e. The lowest BCUT2D eigenvalue weighted by atomic mass is 10.1. The van der Waals surface area contributed by atoms with Crippen LogP contribution < -0.4 is 16.0 Å². The van der Waals surface area contributed by atoms with Crippen LogP contribution in [0, 0.1) is 0 Å². The molecule has 0 spiro atoms. The first kappa shape index (κ1) is 11.0. The zero-order valence-electron chi connectivity index (χ0n) is 8.95. The van der Waals surface area contributed by atoms with E-state index in [9.17, 15) is 0 Å². The standard InChI is InChI=1S/C11H18N2O/c1-8(2)14-11-7-5-4-6-10(11)9(3)13-12/h4-9,13H,12H2,1-3H3. The van der Waals surface area contributed by atoms with Crippen LogP contribution in [0.5, 0.6) is 5.75 Å².